The van der Waals surface area contributed by atoms with Gasteiger partial charge in [0.1, 0.15) is 17.6 Å². The number of hydrazone groups is 1. The molecule has 12 heteroatoms. The van der Waals surface area contributed by atoms with Crippen LogP contribution in [0.25, 0.3) is 0 Å². The molecule has 2 fully saturated rings. The van der Waals surface area contributed by atoms with Gasteiger partial charge in [0.2, 0.25) is 10.0 Å². The fraction of sp³-hybridized carbons (Fsp3) is 0.652. The molecule has 1 aromatic rings. The number of carboxylic acid groups (broad SMARTS) is 1. The van der Waals surface area contributed by atoms with Gasteiger partial charge in [0.15, 0.2) is 0 Å². The first-order valence-corrected chi connectivity index (χ1v) is 13.4. The van der Waals surface area contributed by atoms with Crippen molar-refractivity contribution in [3.8, 4) is 5.75 Å². The highest BCUT2D eigenvalue weighted by Crippen LogP contribution is 2.37. The molecular formula is C23H30F3N3O5S. The Morgan fingerprint density at radius 1 is 1.11 bits per heavy atom. The van der Waals surface area contributed by atoms with Gasteiger partial charge in [-0.2, -0.15) is 18.3 Å². The fourth-order valence-electron chi connectivity index (χ4n) is 5.15. The van der Waals surface area contributed by atoms with Gasteiger partial charge in [0, 0.05) is 19.0 Å². The first kappa shape index (κ1) is 25.7. The largest absolute Gasteiger partial charge is 0.490 e. The van der Waals surface area contributed by atoms with Gasteiger partial charge in [-0.25, -0.2) is 12.7 Å². The zero-order valence-electron chi connectivity index (χ0n) is 19.4. The first-order valence-electron chi connectivity index (χ1n) is 11.9. The first-order chi connectivity index (χ1) is 16.5. The van der Waals surface area contributed by atoms with Gasteiger partial charge in [0.25, 0.3) is 0 Å². The Balaban J connectivity index is 1.39. The highest BCUT2D eigenvalue weighted by Gasteiger charge is 2.48. The number of hydrogen-bond acceptors (Lipinski definition) is 6. The van der Waals surface area contributed by atoms with E-state index in [2.05, 4.69) is 5.10 Å². The molecule has 8 nitrogen and oxygen atoms in total. The Morgan fingerprint density at radius 3 is 2.26 bits per heavy atom. The molecule has 0 aromatic heterocycles. The number of hydrogen-bond donors (Lipinski definition) is 1. The van der Waals surface area contributed by atoms with Crippen molar-refractivity contribution in [3.05, 3.63) is 24.3 Å². The van der Waals surface area contributed by atoms with Gasteiger partial charge >= 0.3 is 12.1 Å². The molecule has 35 heavy (non-hydrogen) atoms. The Kier molecular flexibility index (Phi) is 7.33. The van der Waals surface area contributed by atoms with Crippen molar-refractivity contribution in [1.82, 2.24) is 4.31 Å². The molecule has 0 amide bonds. The molecule has 0 spiro atoms. The smallest absolute Gasteiger partial charge is 0.431 e. The lowest BCUT2D eigenvalue weighted by atomic mass is 9.94. The molecule has 1 saturated heterocycles. The second-order valence-electron chi connectivity index (χ2n) is 9.44. The number of halogens is 3. The van der Waals surface area contributed by atoms with Crippen LogP contribution in [-0.2, 0) is 14.8 Å². The topological polar surface area (TPSA) is 99.5 Å². The third kappa shape index (κ3) is 5.58. The maximum Gasteiger partial charge on any atom is 0.431 e. The van der Waals surface area contributed by atoms with Crippen molar-refractivity contribution >= 4 is 27.4 Å². The predicted octanol–water partition coefficient (Wildman–Crippen LogP) is 4.02. The fourth-order valence-corrected chi connectivity index (χ4v) is 7.22. The van der Waals surface area contributed by atoms with E-state index in [1.54, 1.807) is 28.6 Å². The second kappa shape index (κ2) is 9.96. The molecule has 1 saturated carbocycles. The molecule has 1 N–H and O–H groups in total. The van der Waals surface area contributed by atoms with Crippen LogP contribution in [0.5, 0.6) is 5.75 Å². The van der Waals surface area contributed by atoms with Crippen molar-refractivity contribution in [2.24, 2.45) is 11.0 Å². The normalized spacial score (nSPS) is 25.1. The minimum atomic E-state index is -4.64. The van der Waals surface area contributed by atoms with Crippen molar-refractivity contribution < 1.29 is 36.2 Å². The summed E-state index contributed by atoms with van der Waals surface area (Å²) in [4.78, 5) is 11.2. The number of rotatable bonds is 7. The summed E-state index contributed by atoms with van der Waals surface area (Å²) >= 11 is 0. The van der Waals surface area contributed by atoms with E-state index in [0.29, 0.717) is 37.4 Å². The predicted molar refractivity (Wildman–Crippen MR) is 124 cm³/mol. The number of aliphatic carboxylic acids is 1. The number of carbonyl (C=O) groups is 1. The highest BCUT2D eigenvalue weighted by atomic mass is 32.2. The summed E-state index contributed by atoms with van der Waals surface area (Å²) in [6.07, 6.45) is -0.832. The minimum Gasteiger partial charge on any atom is -0.490 e. The van der Waals surface area contributed by atoms with Gasteiger partial charge in [-0.1, -0.05) is 19.8 Å². The van der Waals surface area contributed by atoms with E-state index in [1.807, 2.05) is 0 Å². The molecular weight excluding hydrogens is 487 g/mol. The Labute approximate surface area is 202 Å². The van der Waals surface area contributed by atoms with Crippen LogP contribution in [0.2, 0.25) is 0 Å². The van der Waals surface area contributed by atoms with Crippen LogP contribution in [0.3, 0.4) is 0 Å². The summed E-state index contributed by atoms with van der Waals surface area (Å²) in [7, 11) is -3.27. The zero-order chi connectivity index (χ0) is 25.4. The lowest BCUT2D eigenvalue weighted by molar-refractivity contribution is -0.137. The molecule has 0 radical (unpaired) electrons. The van der Waals surface area contributed by atoms with Crippen molar-refractivity contribution in [1.29, 1.82) is 0 Å². The summed E-state index contributed by atoms with van der Waals surface area (Å²) in [6, 6.07) is 5.38. The molecule has 0 unspecified atom stereocenters. The molecule has 2 atom stereocenters. The van der Waals surface area contributed by atoms with Crippen LogP contribution in [0.4, 0.5) is 18.9 Å². The second-order valence-corrected chi connectivity index (χ2v) is 11.7. The molecule has 4 rings (SSSR count). The van der Waals surface area contributed by atoms with E-state index in [0.717, 1.165) is 30.7 Å². The van der Waals surface area contributed by atoms with Gasteiger partial charge in [-0.15, -0.1) is 0 Å². The Bertz CT molecular complexity index is 1050. The summed E-state index contributed by atoms with van der Waals surface area (Å²) in [5, 5.41) is 13.7. The maximum absolute atomic E-state index is 13.4. The van der Waals surface area contributed by atoms with Crippen molar-refractivity contribution in [2.45, 2.75) is 75.4 Å². The standard InChI is InChI=1S/C23H30F3N3O5S/c1-15-20(14-21(30)31)29(27-22(15)23(24,25)26)16-6-8-17(9-7-16)34-18-10-12-28(13-11-18)35(32,33)19-4-2-3-5-19/h6-9,15,18-20H,2-5,10-14H2,1H3,(H,30,31)/t15-,20-/m0/s1. The SMILES string of the molecule is C[C@@H]1C(C(F)(F)F)=NN(c2ccc(OC3CCN(S(=O)(=O)C4CCCC4)CC3)cc2)[C@H]1CC(=O)O. The number of benzene rings is 1. The Morgan fingerprint density at radius 2 is 1.71 bits per heavy atom. The Hall–Kier alpha value is -2.34. The van der Waals surface area contributed by atoms with E-state index >= 15 is 0 Å². The van der Waals surface area contributed by atoms with Gasteiger partial charge in [-0.3, -0.25) is 9.80 Å². The number of carboxylic acids is 1. The summed E-state index contributed by atoms with van der Waals surface area (Å²) in [5.74, 6) is -1.78. The van der Waals surface area contributed by atoms with Crippen LogP contribution < -0.4 is 9.75 Å². The lowest BCUT2D eigenvalue weighted by Gasteiger charge is -2.33. The number of alkyl halides is 3. The minimum absolute atomic E-state index is 0.169. The monoisotopic (exact) mass is 517 g/mol. The molecule has 2 heterocycles. The van der Waals surface area contributed by atoms with Crippen LogP contribution in [-0.4, -0.2) is 66.2 Å². The number of sulfonamides is 1. The third-order valence-electron chi connectivity index (χ3n) is 7.10. The molecule has 3 aliphatic rings. The zero-order valence-corrected chi connectivity index (χ0v) is 20.3. The summed E-state index contributed by atoms with van der Waals surface area (Å²) in [6.45, 7) is 2.13. The van der Waals surface area contributed by atoms with E-state index in [4.69, 9.17) is 4.74 Å². The molecule has 0 bridgehead atoms. The van der Waals surface area contributed by atoms with E-state index in [1.165, 1.54) is 6.92 Å². The van der Waals surface area contributed by atoms with Crippen LogP contribution in [0.15, 0.2) is 29.4 Å². The van der Waals surface area contributed by atoms with Gasteiger partial charge in [-0.05, 0) is 49.9 Å². The number of nitrogens with zero attached hydrogens (tertiary/aromatic N) is 3. The van der Waals surface area contributed by atoms with E-state index in [9.17, 15) is 31.5 Å². The maximum atomic E-state index is 13.4. The number of piperidine rings is 1. The number of anilines is 1. The number of ether oxygens (including phenoxy) is 1. The van der Waals surface area contributed by atoms with E-state index < -0.39 is 46.3 Å². The average molecular weight is 518 g/mol. The lowest BCUT2D eigenvalue weighted by Crippen LogP contribution is -2.45. The average Bonchev–Trinajstić information content (AvgIpc) is 3.44. The van der Waals surface area contributed by atoms with Gasteiger partial charge in [0.05, 0.1) is 23.4 Å². The molecule has 1 aromatic carbocycles. The van der Waals surface area contributed by atoms with Crippen molar-refractivity contribution in [3.63, 3.8) is 0 Å². The van der Waals surface area contributed by atoms with Crippen LogP contribution in [0.1, 0.15) is 51.9 Å². The van der Waals surface area contributed by atoms with Crippen LogP contribution in [0, 0.1) is 5.92 Å². The van der Waals surface area contributed by atoms with Gasteiger partial charge < -0.3 is 9.84 Å². The molecule has 1 aliphatic carbocycles. The van der Waals surface area contributed by atoms with Crippen molar-refractivity contribution in [2.75, 3.05) is 18.1 Å². The van der Waals surface area contributed by atoms with E-state index in [-0.39, 0.29) is 11.4 Å². The molecule has 194 valence electrons. The summed E-state index contributed by atoms with van der Waals surface area (Å²) in [5.41, 5.74) is -0.657. The van der Waals surface area contributed by atoms with Crippen LogP contribution >= 0.6 is 0 Å². The summed E-state index contributed by atoms with van der Waals surface area (Å²) < 4.78 is 73.2. The molecule has 2 aliphatic heterocycles. The third-order valence-corrected chi connectivity index (χ3v) is 9.50. The highest BCUT2D eigenvalue weighted by molar-refractivity contribution is 7.89. The quantitative estimate of drug-likeness (QED) is 0.587.